The molecule has 0 fully saturated rings. The molecule has 3 aromatic carbocycles. The van der Waals surface area contributed by atoms with Gasteiger partial charge in [-0.2, -0.15) is 0 Å². The van der Waals surface area contributed by atoms with Crippen molar-refractivity contribution < 1.29 is 14.3 Å². The molecule has 1 atom stereocenters. The molecule has 0 saturated carbocycles. The minimum Gasteiger partial charge on any atom is -0.497 e. The molecule has 1 heterocycles. The van der Waals surface area contributed by atoms with Crippen LogP contribution in [-0.2, 0) is 22.6 Å². The van der Waals surface area contributed by atoms with Gasteiger partial charge < -0.3 is 10.1 Å². The summed E-state index contributed by atoms with van der Waals surface area (Å²) in [7, 11) is 1.58. The van der Waals surface area contributed by atoms with Crippen molar-refractivity contribution in [3.05, 3.63) is 118 Å². The number of carbonyl (C=O) groups excluding carboxylic acids is 2. The summed E-state index contributed by atoms with van der Waals surface area (Å²) in [5.74, 6) is 0.194. The number of nitrogens with one attached hydrogen (secondary N) is 1. The summed E-state index contributed by atoms with van der Waals surface area (Å²) < 4.78 is 5.41. The van der Waals surface area contributed by atoms with Gasteiger partial charge in [-0.15, -0.1) is 11.3 Å². The Bertz CT molecular complexity index is 1210. The highest BCUT2D eigenvalue weighted by molar-refractivity contribution is 7.10. The first-order valence-electron chi connectivity index (χ1n) is 11.0. The summed E-state index contributed by atoms with van der Waals surface area (Å²) >= 11 is 1.52. The topological polar surface area (TPSA) is 58.6 Å². The van der Waals surface area contributed by atoms with Crippen molar-refractivity contribution in [3.8, 4) is 5.75 Å². The maximum atomic E-state index is 13.7. The predicted molar refractivity (Wildman–Crippen MR) is 136 cm³/mol. The molecular weight excluding hydrogens is 444 g/mol. The SMILES string of the molecule is COc1cccc(N(C(=O)Cc2cccs2)[C@@H](C(=O)NCc2ccccc2)c2ccccc2)c1. The van der Waals surface area contributed by atoms with Crippen LogP contribution in [-0.4, -0.2) is 18.9 Å². The molecule has 0 saturated heterocycles. The average Bonchev–Trinajstić information content (AvgIpc) is 3.40. The van der Waals surface area contributed by atoms with Crippen LogP contribution in [0.25, 0.3) is 0 Å². The molecule has 0 bridgehead atoms. The van der Waals surface area contributed by atoms with Crippen molar-refractivity contribution in [2.24, 2.45) is 0 Å². The number of nitrogens with zero attached hydrogens (tertiary/aromatic N) is 1. The molecule has 34 heavy (non-hydrogen) atoms. The molecule has 4 aromatic rings. The first-order valence-corrected chi connectivity index (χ1v) is 11.9. The number of methoxy groups -OCH3 is 1. The number of thiophene rings is 1. The Morgan fingerprint density at radius 2 is 1.65 bits per heavy atom. The second kappa shape index (κ2) is 11.3. The van der Waals surface area contributed by atoms with E-state index < -0.39 is 6.04 Å². The van der Waals surface area contributed by atoms with Gasteiger partial charge in [0.05, 0.1) is 13.5 Å². The predicted octanol–water partition coefficient (Wildman–Crippen LogP) is 5.39. The zero-order valence-electron chi connectivity index (χ0n) is 18.9. The van der Waals surface area contributed by atoms with Crippen LogP contribution < -0.4 is 15.0 Å². The maximum absolute atomic E-state index is 13.7. The third-order valence-corrected chi connectivity index (χ3v) is 6.31. The second-order valence-electron chi connectivity index (χ2n) is 7.74. The van der Waals surface area contributed by atoms with E-state index in [0.717, 1.165) is 16.0 Å². The van der Waals surface area contributed by atoms with E-state index in [1.165, 1.54) is 11.3 Å². The van der Waals surface area contributed by atoms with Gasteiger partial charge in [0.2, 0.25) is 11.8 Å². The zero-order chi connectivity index (χ0) is 23.8. The van der Waals surface area contributed by atoms with E-state index >= 15 is 0 Å². The van der Waals surface area contributed by atoms with E-state index in [4.69, 9.17) is 4.74 Å². The Labute approximate surface area is 203 Å². The fourth-order valence-electron chi connectivity index (χ4n) is 3.78. The summed E-state index contributed by atoms with van der Waals surface area (Å²) in [6.45, 7) is 0.369. The minimum absolute atomic E-state index is 0.167. The van der Waals surface area contributed by atoms with Gasteiger partial charge in [0.15, 0.2) is 0 Å². The van der Waals surface area contributed by atoms with Gasteiger partial charge in [0.25, 0.3) is 0 Å². The molecule has 0 spiro atoms. The smallest absolute Gasteiger partial charge is 0.248 e. The number of anilines is 1. The van der Waals surface area contributed by atoms with Crippen molar-refractivity contribution in [1.29, 1.82) is 0 Å². The van der Waals surface area contributed by atoms with Crippen molar-refractivity contribution in [2.45, 2.75) is 19.0 Å². The number of hydrogen-bond acceptors (Lipinski definition) is 4. The van der Waals surface area contributed by atoms with Crippen molar-refractivity contribution in [2.75, 3.05) is 12.0 Å². The minimum atomic E-state index is -0.843. The molecule has 0 radical (unpaired) electrons. The first kappa shape index (κ1) is 23.3. The summed E-state index contributed by atoms with van der Waals surface area (Å²) in [6, 6.07) is 29.4. The lowest BCUT2D eigenvalue weighted by Crippen LogP contribution is -2.44. The lowest BCUT2D eigenvalue weighted by molar-refractivity contribution is -0.126. The Morgan fingerprint density at radius 1 is 0.912 bits per heavy atom. The van der Waals surface area contributed by atoms with Gasteiger partial charge in [-0.05, 0) is 34.7 Å². The number of carbonyl (C=O) groups is 2. The quantitative estimate of drug-likeness (QED) is 0.357. The summed E-state index contributed by atoms with van der Waals surface area (Å²) in [5.41, 5.74) is 2.32. The third kappa shape index (κ3) is 5.71. The third-order valence-electron chi connectivity index (χ3n) is 5.44. The number of ether oxygens (including phenoxy) is 1. The summed E-state index contributed by atoms with van der Waals surface area (Å²) in [6.07, 6.45) is 0.199. The molecule has 0 aliphatic carbocycles. The van der Waals surface area contributed by atoms with Gasteiger partial charge in [0, 0.05) is 23.2 Å². The van der Waals surface area contributed by atoms with Crippen molar-refractivity contribution in [3.63, 3.8) is 0 Å². The Kier molecular flexibility index (Phi) is 7.73. The van der Waals surface area contributed by atoms with E-state index in [0.29, 0.717) is 18.0 Å². The van der Waals surface area contributed by atoms with Gasteiger partial charge in [-0.3, -0.25) is 14.5 Å². The number of benzene rings is 3. The monoisotopic (exact) mass is 470 g/mol. The Morgan fingerprint density at radius 3 is 2.32 bits per heavy atom. The highest BCUT2D eigenvalue weighted by atomic mass is 32.1. The van der Waals surface area contributed by atoms with Crippen molar-refractivity contribution in [1.82, 2.24) is 5.32 Å². The van der Waals surface area contributed by atoms with Crippen LogP contribution in [0.2, 0.25) is 0 Å². The molecular formula is C28H26N2O3S. The summed E-state index contributed by atoms with van der Waals surface area (Å²) in [5, 5.41) is 4.97. The van der Waals surface area contributed by atoms with Crippen LogP contribution in [0.15, 0.2) is 102 Å². The van der Waals surface area contributed by atoms with E-state index in [1.807, 2.05) is 96.4 Å². The highest BCUT2D eigenvalue weighted by Crippen LogP contribution is 2.31. The standard InChI is InChI=1S/C28H26N2O3S/c1-33-24-15-8-14-23(18-24)30(26(31)19-25-16-9-17-34-25)27(22-12-6-3-7-13-22)28(32)29-20-21-10-4-2-5-11-21/h2-18,27H,19-20H2,1H3,(H,29,32)/t27-/m1/s1. The normalized spacial score (nSPS) is 11.4. The van der Waals surface area contributed by atoms with Gasteiger partial charge in [0.1, 0.15) is 11.8 Å². The lowest BCUT2D eigenvalue weighted by atomic mass is 10.0. The molecule has 1 aromatic heterocycles. The maximum Gasteiger partial charge on any atom is 0.248 e. The molecule has 0 unspecified atom stereocenters. The molecule has 0 aliphatic heterocycles. The first-order chi connectivity index (χ1) is 16.7. The molecule has 5 nitrogen and oxygen atoms in total. The van der Waals surface area contributed by atoms with Crippen molar-refractivity contribution >= 4 is 28.8 Å². The second-order valence-corrected chi connectivity index (χ2v) is 8.77. The fourth-order valence-corrected chi connectivity index (χ4v) is 4.48. The average molecular weight is 471 g/mol. The summed E-state index contributed by atoms with van der Waals surface area (Å²) in [4.78, 5) is 29.9. The molecule has 2 amide bonds. The molecule has 172 valence electrons. The van der Waals surface area contributed by atoms with Crippen LogP contribution >= 0.6 is 11.3 Å². The van der Waals surface area contributed by atoms with Crippen LogP contribution in [0, 0.1) is 0 Å². The van der Waals surface area contributed by atoms with E-state index in [-0.39, 0.29) is 18.2 Å². The van der Waals surface area contributed by atoms with Gasteiger partial charge in [-0.25, -0.2) is 0 Å². The Balaban J connectivity index is 1.73. The molecule has 0 aliphatic rings. The molecule has 6 heteroatoms. The van der Waals surface area contributed by atoms with Gasteiger partial charge in [-0.1, -0.05) is 72.8 Å². The Hall–Kier alpha value is -3.90. The highest BCUT2D eigenvalue weighted by Gasteiger charge is 2.33. The van der Waals surface area contributed by atoms with Gasteiger partial charge >= 0.3 is 0 Å². The number of rotatable bonds is 9. The van der Waals surface area contributed by atoms with Crippen LogP contribution in [0.5, 0.6) is 5.75 Å². The van der Waals surface area contributed by atoms with Crippen LogP contribution in [0.1, 0.15) is 22.0 Å². The lowest BCUT2D eigenvalue weighted by Gasteiger charge is -2.32. The van der Waals surface area contributed by atoms with E-state index in [1.54, 1.807) is 18.1 Å². The number of hydrogen-bond donors (Lipinski definition) is 1. The molecule has 4 rings (SSSR count). The van der Waals surface area contributed by atoms with E-state index in [2.05, 4.69) is 5.32 Å². The van der Waals surface area contributed by atoms with Crippen LogP contribution in [0.3, 0.4) is 0 Å². The zero-order valence-corrected chi connectivity index (χ0v) is 19.7. The number of amides is 2. The van der Waals surface area contributed by atoms with Crippen LogP contribution in [0.4, 0.5) is 5.69 Å². The fraction of sp³-hybridized carbons (Fsp3) is 0.143. The molecule has 1 N–H and O–H groups in total. The van der Waals surface area contributed by atoms with E-state index in [9.17, 15) is 9.59 Å². The largest absolute Gasteiger partial charge is 0.497 e.